The van der Waals surface area contributed by atoms with Crippen molar-refractivity contribution >= 4 is 15.8 Å². The molecule has 1 aromatic heterocycles. The molecule has 0 atom stereocenters. The number of sulfonamides is 1. The van der Waals surface area contributed by atoms with Gasteiger partial charge in [0.15, 0.2) is 5.69 Å². The average molecular weight is 298 g/mol. The minimum Gasteiger partial charge on any atom is -0.368 e. The molecule has 1 rings (SSSR count). The van der Waals surface area contributed by atoms with Crippen LogP contribution in [-0.4, -0.2) is 49.3 Å². The Labute approximate surface area is 108 Å². The van der Waals surface area contributed by atoms with Crippen LogP contribution in [-0.2, 0) is 16.2 Å². The van der Waals surface area contributed by atoms with Crippen molar-refractivity contribution < 1.29 is 21.6 Å². The molecular formula is C9H13F3N4O2S. The van der Waals surface area contributed by atoms with E-state index in [2.05, 4.69) is 15.5 Å². The molecule has 0 fully saturated rings. The first kappa shape index (κ1) is 15.6. The molecule has 0 saturated heterocycles. The van der Waals surface area contributed by atoms with Gasteiger partial charge in [-0.3, -0.25) is 0 Å². The second kappa shape index (κ2) is 5.70. The van der Waals surface area contributed by atoms with Gasteiger partial charge >= 0.3 is 6.18 Å². The van der Waals surface area contributed by atoms with Crippen molar-refractivity contribution in [2.45, 2.75) is 6.18 Å². The lowest BCUT2D eigenvalue weighted by Gasteiger charge is -2.11. The molecule has 6 nitrogen and oxygen atoms in total. The predicted molar refractivity (Wildman–Crippen MR) is 63.0 cm³/mol. The smallest absolute Gasteiger partial charge is 0.368 e. The van der Waals surface area contributed by atoms with Gasteiger partial charge in [-0.25, -0.2) is 12.7 Å². The van der Waals surface area contributed by atoms with Gasteiger partial charge in [-0.15, -0.1) is 10.2 Å². The minimum absolute atomic E-state index is 0.0283. The van der Waals surface area contributed by atoms with E-state index >= 15 is 0 Å². The Morgan fingerprint density at radius 3 is 2.32 bits per heavy atom. The standard InChI is InChI=1S/C9H13F3N4O2S/c1-16(2)19(17,18)6-5-13-8-4-3-7(14-15-8)9(10,11)12/h3-4H,5-6H2,1-2H3,(H,13,15). The molecule has 0 aliphatic rings. The Hall–Kier alpha value is -1.42. The maximum Gasteiger partial charge on any atom is 0.435 e. The lowest BCUT2D eigenvalue weighted by molar-refractivity contribution is -0.141. The SMILES string of the molecule is CN(C)S(=O)(=O)CCNc1ccc(C(F)(F)F)nn1. The summed E-state index contributed by atoms with van der Waals surface area (Å²) in [6, 6.07) is 1.87. The molecule has 0 aliphatic heterocycles. The molecule has 0 unspecified atom stereocenters. The van der Waals surface area contributed by atoms with E-state index in [9.17, 15) is 21.6 Å². The first-order valence-electron chi connectivity index (χ1n) is 5.18. The highest BCUT2D eigenvalue weighted by Gasteiger charge is 2.32. The van der Waals surface area contributed by atoms with Crippen LogP contribution in [0.25, 0.3) is 0 Å². The Bertz CT molecular complexity index is 513. The fourth-order valence-corrected chi connectivity index (χ4v) is 1.79. The van der Waals surface area contributed by atoms with Gasteiger partial charge in [0.05, 0.1) is 5.75 Å². The Balaban J connectivity index is 2.56. The summed E-state index contributed by atoms with van der Waals surface area (Å²) in [5, 5.41) is 8.91. The lowest BCUT2D eigenvalue weighted by atomic mass is 10.4. The van der Waals surface area contributed by atoms with E-state index in [1.807, 2.05) is 0 Å². The fourth-order valence-electron chi connectivity index (χ4n) is 1.07. The van der Waals surface area contributed by atoms with Crippen LogP contribution in [0.5, 0.6) is 0 Å². The van der Waals surface area contributed by atoms with Crippen molar-refractivity contribution in [2.75, 3.05) is 31.7 Å². The summed E-state index contributed by atoms with van der Waals surface area (Å²) in [4.78, 5) is 0. The van der Waals surface area contributed by atoms with E-state index in [1.54, 1.807) is 0 Å². The molecule has 0 aromatic carbocycles. The lowest BCUT2D eigenvalue weighted by Crippen LogP contribution is -2.28. The number of anilines is 1. The molecule has 1 heterocycles. The van der Waals surface area contributed by atoms with Crippen molar-refractivity contribution in [3.05, 3.63) is 17.8 Å². The van der Waals surface area contributed by atoms with Crippen molar-refractivity contribution in [3.63, 3.8) is 0 Å². The Morgan fingerprint density at radius 2 is 1.89 bits per heavy atom. The van der Waals surface area contributed by atoms with E-state index in [-0.39, 0.29) is 18.1 Å². The van der Waals surface area contributed by atoms with Gasteiger partial charge in [-0.05, 0) is 12.1 Å². The average Bonchev–Trinajstić information content (AvgIpc) is 2.28. The third-order valence-electron chi connectivity index (χ3n) is 2.18. The molecule has 0 radical (unpaired) electrons. The minimum atomic E-state index is -4.54. The van der Waals surface area contributed by atoms with Gasteiger partial charge in [0.1, 0.15) is 5.82 Å². The Kier molecular flexibility index (Phi) is 4.69. The topological polar surface area (TPSA) is 75.2 Å². The summed E-state index contributed by atoms with van der Waals surface area (Å²) in [5.41, 5.74) is -1.10. The quantitative estimate of drug-likeness (QED) is 0.870. The first-order chi connectivity index (χ1) is 8.63. The molecule has 1 aromatic rings. The zero-order valence-corrected chi connectivity index (χ0v) is 11.1. The van der Waals surface area contributed by atoms with Crippen LogP contribution in [0, 0.1) is 0 Å². The number of aromatic nitrogens is 2. The highest BCUT2D eigenvalue weighted by molar-refractivity contribution is 7.89. The summed E-state index contributed by atoms with van der Waals surface area (Å²) in [6.07, 6.45) is -4.54. The van der Waals surface area contributed by atoms with E-state index in [0.717, 1.165) is 16.4 Å². The monoisotopic (exact) mass is 298 g/mol. The normalized spacial score (nSPS) is 12.7. The number of hydrogen-bond donors (Lipinski definition) is 1. The molecule has 1 N–H and O–H groups in total. The summed E-state index contributed by atoms with van der Waals surface area (Å²) in [7, 11) is -0.565. The number of alkyl halides is 3. The summed E-state index contributed by atoms with van der Waals surface area (Å²) in [5.74, 6) is -0.107. The summed E-state index contributed by atoms with van der Waals surface area (Å²) >= 11 is 0. The Morgan fingerprint density at radius 1 is 1.26 bits per heavy atom. The van der Waals surface area contributed by atoms with Crippen LogP contribution in [0.4, 0.5) is 19.0 Å². The van der Waals surface area contributed by atoms with Crippen LogP contribution in [0.1, 0.15) is 5.69 Å². The fraction of sp³-hybridized carbons (Fsp3) is 0.556. The maximum absolute atomic E-state index is 12.2. The molecule has 108 valence electrons. The summed E-state index contributed by atoms with van der Waals surface area (Å²) < 4.78 is 60.5. The van der Waals surface area contributed by atoms with Crippen molar-refractivity contribution in [3.8, 4) is 0 Å². The zero-order valence-electron chi connectivity index (χ0n) is 10.3. The van der Waals surface area contributed by atoms with Gasteiger partial charge in [0, 0.05) is 20.6 Å². The van der Waals surface area contributed by atoms with Gasteiger partial charge in [-0.1, -0.05) is 0 Å². The molecule has 10 heteroatoms. The van der Waals surface area contributed by atoms with Crippen LogP contribution in [0.3, 0.4) is 0 Å². The molecular weight excluding hydrogens is 285 g/mol. The molecule has 0 amide bonds. The van der Waals surface area contributed by atoms with Gasteiger partial charge in [0.25, 0.3) is 0 Å². The van der Waals surface area contributed by atoms with Gasteiger partial charge in [-0.2, -0.15) is 13.2 Å². The van der Waals surface area contributed by atoms with Gasteiger partial charge < -0.3 is 5.32 Å². The summed E-state index contributed by atoms with van der Waals surface area (Å²) in [6.45, 7) is 0.0283. The number of rotatable bonds is 5. The number of halogens is 3. The zero-order chi connectivity index (χ0) is 14.7. The molecule has 0 spiro atoms. The number of nitrogens with one attached hydrogen (secondary N) is 1. The molecule has 19 heavy (non-hydrogen) atoms. The molecule has 0 aliphatic carbocycles. The van der Waals surface area contributed by atoms with E-state index in [0.29, 0.717) is 0 Å². The second-order valence-electron chi connectivity index (χ2n) is 3.83. The second-order valence-corrected chi connectivity index (χ2v) is 6.13. The van der Waals surface area contributed by atoms with Crippen LogP contribution < -0.4 is 5.32 Å². The first-order valence-corrected chi connectivity index (χ1v) is 6.79. The number of nitrogens with zero attached hydrogens (tertiary/aromatic N) is 3. The third-order valence-corrected chi connectivity index (χ3v) is 4.01. The van der Waals surface area contributed by atoms with Crippen molar-refractivity contribution in [2.24, 2.45) is 0 Å². The highest BCUT2D eigenvalue weighted by Crippen LogP contribution is 2.26. The van der Waals surface area contributed by atoms with Crippen molar-refractivity contribution in [1.29, 1.82) is 0 Å². The maximum atomic E-state index is 12.2. The number of hydrogen-bond acceptors (Lipinski definition) is 5. The van der Waals surface area contributed by atoms with E-state index in [1.165, 1.54) is 14.1 Å². The molecule has 0 bridgehead atoms. The van der Waals surface area contributed by atoms with E-state index < -0.39 is 21.9 Å². The van der Waals surface area contributed by atoms with Gasteiger partial charge in [0.2, 0.25) is 10.0 Å². The highest BCUT2D eigenvalue weighted by atomic mass is 32.2. The van der Waals surface area contributed by atoms with Crippen LogP contribution >= 0.6 is 0 Å². The largest absolute Gasteiger partial charge is 0.435 e. The van der Waals surface area contributed by atoms with Crippen LogP contribution in [0.2, 0.25) is 0 Å². The molecule has 0 saturated carbocycles. The third kappa shape index (κ3) is 4.63. The van der Waals surface area contributed by atoms with Crippen molar-refractivity contribution in [1.82, 2.24) is 14.5 Å². The predicted octanol–water partition coefficient (Wildman–Crippen LogP) is 0.799. The van der Waals surface area contributed by atoms with Crippen LogP contribution in [0.15, 0.2) is 12.1 Å². The van der Waals surface area contributed by atoms with E-state index in [4.69, 9.17) is 0 Å².